The minimum Gasteiger partial charge on any atom is -0.315 e. The lowest BCUT2D eigenvalue weighted by atomic mass is 10.2. The molecule has 2 fully saturated rings. The van der Waals surface area contributed by atoms with Gasteiger partial charge in [-0.3, -0.25) is 4.90 Å². The molecule has 3 nitrogen and oxygen atoms in total. The minimum atomic E-state index is 0.813. The van der Waals surface area contributed by atoms with Crippen LogP contribution in [0.25, 0.3) is 0 Å². The van der Waals surface area contributed by atoms with Gasteiger partial charge < -0.3 is 10.2 Å². The average molecular weight is 239 g/mol. The number of hydrogen-bond donors (Lipinski definition) is 1. The van der Waals surface area contributed by atoms with Crippen molar-refractivity contribution >= 4 is 0 Å². The zero-order valence-electron chi connectivity index (χ0n) is 11.5. The second kappa shape index (κ2) is 7.34. The van der Waals surface area contributed by atoms with Gasteiger partial charge in [-0.1, -0.05) is 6.92 Å². The van der Waals surface area contributed by atoms with Gasteiger partial charge in [-0.2, -0.15) is 0 Å². The van der Waals surface area contributed by atoms with Gasteiger partial charge in [0.2, 0.25) is 0 Å². The first kappa shape index (κ1) is 13.3. The van der Waals surface area contributed by atoms with Gasteiger partial charge in [0.15, 0.2) is 0 Å². The van der Waals surface area contributed by atoms with Crippen LogP contribution in [0.5, 0.6) is 0 Å². The number of likely N-dealkylation sites (N-methyl/N-ethyl adjacent to an activating group) is 1. The third kappa shape index (κ3) is 4.23. The molecule has 2 aliphatic heterocycles. The molecular weight excluding hydrogens is 210 g/mol. The van der Waals surface area contributed by atoms with Crippen molar-refractivity contribution in [1.82, 2.24) is 15.1 Å². The fourth-order valence-electron chi connectivity index (χ4n) is 3.24. The maximum atomic E-state index is 3.50. The van der Waals surface area contributed by atoms with E-state index >= 15 is 0 Å². The van der Waals surface area contributed by atoms with Crippen LogP contribution in [0, 0.1) is 0 Å². The van der Waals surface area contributed by atoms with Gasteiger partial charge in [-0.25, -0.2) is 0 Å². The largest absolute Gasteiger partial charge is 0.315 e. The van der Waals surface area contributed by atoms with Crippen LogP contribution in [0.2, 0.25) is 0 Å². The molecule has 0 aromatic rings. The van der Waals surface area contributed by atoms with Gasteiger partial charge in [0, 0.05) is 12.6 Å². The lowest BCUT2D eigenvalue weighted by Crippen LogP contribution is -2.39. The molecule has 0 aliphatic carbocycles. The monoisotopic (exact) mass is 239 g/mol. The molecule has 1 N–H and O–H groups in total. The Labute approximate surface area is 107 Å². The summed E-state index contributed by atoms with van der Waals surface area (Å²) in [4.78, 5) is 5.34. The quantitative estimate of drug-likeness (QED) is 0.727. The van der Waals surface area contributed by atoms with Crippen molar-refractivity contribution in [3.05, 3.63) is 0 Å². The molecule has 2 rings (SSSR count). The summed E-state index contributed by atoms with van der Waals surface area (Å²) in [6, 6.07) is 0.813. The van der Waals surface area contributed by atoms with Crippen molar-refractivity contribution < 1.29 is 0 Å². The Bertz CT molecular complexity index is 202. The topological polar surface area (TPSA) is 18.5 Å². The Morgan fingerprint density at radius 2 is 1.88 bits per heavy atom. The molecule has 100 valence electrons. The smallest absolute Gasteiger partial charge is 0.0221 e. The first-order chi connectivity index (χ1) is 8.40. The Kier molecular flexibility index (Phi) is 5.75. The molecule has 0 bridgehead atoms. The molecule has 2 heterocycles. The standard InChI is InChI=1S/C14H29N3/c1-2-15-13-14-7-5-11-17(14)12-6-10-16-8-3-4-9-16/h14-15H,2-13H2,1H3. The van der Waals surface area contributed by atoms with Gasteiger partial charge in [-0.15, -0.1) is 0 Å². The number of nitrogens with one attached hydrogen (secondary N) is 1. The number of nitrogens with zero attached hydrogens (tertiary/aromatic N) is 2. The maximum Gasteiger partial charge on any atom is 0.0221 e. The van der Waals surface area contributed by atoms with E-state index in [4.69, 9.17) is 0 Å². The van der Waals surface area contributed by atoms with Crippen LogP contribution in [0.1, 0.15) is 39.0 Å². The van der Waals surface area contributed by atoms with Gasteiger partial charge >= 0.3 is 0 Å². The summed E-state index contributed by atoms with van der Waals surface area (Å²) in [5, 5.41) is 3.50. The van der Waals surface area contributed by atoms with Gasteiger partial charge in [-0.05, 0) is 71.4 Å². The van der Waals surface area contributed by atoms with Crippen LogP contribution < -0.4 is 5.32 Å². The molecule has 1 unspecified atom stereocenters. The Morgan fingerprint density at radius 3 is 2.65 bits per heavy atom. The zero-order chi connectivity index (χ0) is 11.9. The second-order valence-electron chi connectivity index (χ2n) is 5.54. The van der Waals surface area contributed by atoms with Crippen molar-refractivity contribution in [2.45, 2.75) is 45.1 Å². The van der Waals surface area contributed by atoms with Crippen LogP contribution in [-0.4, -0.2) is 61.7 Å². The Hall–Kier alpha value is -0.120. The fourth-order valence-corrected chi connectivity index (χ4v) is 3.24. The second-order valence-corrected chi connectivity index (χ2v) is 5.54. The molecular formula is C14H29N3. The van der Waals surface area contributed by atoms with E-state index in [1.54, 1.807) is 0 Å². The molecule has 0 spiro atoms. The lowest BCUT2D eigenvalue weighted by Gasteiger charge is -2.25. The predicted molar refractivity (Wildman–Crippen MR) is 73.4 cm³/mol. The number of hydrogen-bond acceptors (Lipinski definition) is 3. The number of rotatable bonds is 7. The van der Waals surface area contributed by atoms with Crippen molar-refractivity contribution in [2.75, 3.05) is 45.8 Å². The molecule has 0 amide bonds. The van der Waals surface area contributed by atoms with E-state index in [1.807, 2.05) is 0 Å². The third-order valence-electron chi connectivity index (χ3n) is 4.25. The van der Waals surface area contributed by atoms with E-state index in [0.29, 0.717) is 0 Å². The molecule has 0 aromatic carbocycles. The highest BCUT2D eigenvalue weighted by atomic mass is 15.2. The predicted octanol–water partition coefficient (Wildman–Crippen LogP) is 1.55. The third-order valence-corrected chi connectivity index (χ3v) is 4.25. The summed E-state index contributed by atoms with van der Waals surface area (Å²) >= 11 is 0. The minimum absolute atomic E-state index is 0.813. The van der Waals surface area contributed by atoms with Crippen LogP contribution in [-0.2, 0) is 0 Å². The summed E-state index contributed by atoms with van der Waals surface area (Å²) in [6.45, 7) is 11.2. The molecule has 17 heavy (non-hydrogen) atoms. The van der Waals surface area contributed by atoms with E-state index in [1.165, 1.54) is 71.4 Å². The van der Waals surface area contributed by atoms with E-state index < -0.39 is 0 Å². The van der Waals surface area contributed by atoms with E-state index in [9.17, 15) is 0 Å². The van der Waals surface area contributed by atoms with Crippen molar-refractivity contribution in [3.8, 4) is 0 Å². The Balaban J connectivity index is 1.59. The van der Waals surface area contributed by atoms with Crippen LogP contribution in [0.15, 0.2) is 0 Å². The first-order valence-electron chi connectivity index (χ1n) is 7.57. The molecule has 2 aliphatic rings. The van der Waals surface area contributed by atoms with Crippen LogP contribution in [0.4, 0.5) is 0 Å². The summed E-state index contributed by atoms with van der Waals surface area (Å²) < 4.78 is 0. The zero-order valence-corrected chi connectivity index (χ0v) is 11.5. The highest BCUT2D eigenvalue weighted by molar-refractivity contribution is 4.81. The maximum absolute atomic E-state index is 3.50. The Morgan fingerprint density at radius 1 is 1.06 bits per heavy atom. The molecule has 0 radical (unpaired) electrons. The highest BCUT2D eigenvalue weighted by Gasteiger charge is 2.23. The van der Waals surface area contributed by atoms with Crippen molar-refractivity contribution in [2.24, 2.45) is 0 Å². The number of likely N-dealkylation sites (tertiary alicyclic amines) is 2. The molecule has 1 atom stereocenters. The van der Waals surface area contributed by atoms with Gasteiger partial charge in [0.25, 0.3) is 0 Å². The summed E-state index contributed by atoms with van der Waals surface area (Å²) in [5.41, 5.74) is 0. The molecule has 2 saturated heterocycles. The van der Waals surface area contributed by atoms with Gasteiger partial charge in [0.05, 0.1) is 0 Å². The molecule has 3 heteroatoms. The molecule has 0 aromatic heterocycles. The van der Waals surface area contributed by atoms with Crippen LogP contribution >= 0.6 is 0 Å². The van der Waals surface area contributed by atoms with Gasteiger partial charge in [0.1, 0.15) is 0 Å². The van der Waals surface area contributed by atoms with Crippen molar-refractivity contribution in [1.29, 1.82) is 0 Å². The van der Waals surface area contributed by atoms with Crippen LogP contribution in [0.3, 0.4) is 0 Å². The summed E-state index contributed by atoms with van der Waals surface area (Å²) in [7, 11) is 0. The van der Waals surface area contributed by atoms with E-state index in [-0.39, 0.29) is 0 Å². The lowest BCUT2D eigenvalue weighted by molar-refractivity contribution is 0.227. The first-order valence-corrected chi connectivity index (χ1v) is 7.57. The van der Waals surface area contributed by atoms with E-state index in [0.717, 1.165) is 12.6 Å². The fraction of sp³-hybridized carbons (Fsp3) is 1.00. The normalized spacial score (nSPS) is 27.0. The highest BCUT2D eigenvalue weighted by Crippen LogP contribution is 2.17. The molecule has 0 saturated carbocycles. The summed E-state index contributed by atoms with van der Waals surface area (Å²) in [6.07, 6.45) is 7.01. The SMILES string of the molecule is CCNCC1CCCN1CCCN1CCCC1. The van der Waals surface area contributed by atoms with E-state index in [2.05, 4.69) is 22.0 Å². The summed E-state index contributed by atoms with van der Waals surface area (Å²) in [5.74, 6) is 0. The average Bonchev–Trinajstić information content (AvgIpc) is 2.98. The van der Waals surface area contributed by atoms with Crippen molar-refractivity contribution in [3.63, 3.8) is 0 Å².